The molecule has 5 nitrogen and oxygen atoms in total. The molecule has 1 saturated carbocycles. The van der Waals surface area contributed by atoms with E-state index in [2.05, 4.69) is 50.9 Å². The van der Waals surface area contributed by atoms with Crippen LogP contribution >= 0.6 is 11.6 Å². The number of benzene rings is 2. The van der Waals surface area contributed by atoms with E-state index in [1.165, 1.54) is 61.8 Å². The first-order chi connectivity index (χ1) is 18.5. The van der Waals surface area contributed by atoms with Crippen LogP contribution in [0.3, 0.4) is 0 Å². The zero-order chi connectivity index (χ0) is 26.6. The summed E-state index contributed by atoms with van der Waals surface area (Å²) < 4.78 is 26.5. The zero-order valence-corrected chi connectivity index (χ0v) is 24.5. The molecule has 0 aromatic heterocycles. The van der Waals surface area contributed by atoms with E-state index < -0.39 is 10.0 Å². The summed E-state index contributed by atoms with van der Waals surface area (Å²) in [6.45, 7) is 6.81. The van der Waals surface area contributed by atoms with Crippen LogP contribution < -0.4 is 4.72 Å². The van der Waals surface area contributed by atoms with Gasteiger partial charge < -0.3 is 4.90 Å². The molecule has 1 heterocycles. The fourth-order valence-corrected chi connectivity index (χ4v) is 6.93. The lowest BCUT2D eigenvalue weighted by molar-refractivity contribution is 0.125. The van der Waals surface area contributed by atoms with Crippen LogP contribution in [0.1, 0.15) is 76.2 Å². The molecule has 4 rings (SSSR count). The molecule has 2 aliphatic rings. The molecule has 2 aromatic carbocycles. The number of nitrogens with zero attached hydrogens (tertiary/aromatic N) is 2. The fraction of sp³-hybridized carbons (Fsp3) is 0.613. The van der Waals surface area contributed by atoms with Gasteiger partial charge >= 0.3 is 0 Å². The maximum absolute atomic E-state index is 11.9. The number of unbranched alkanes of at least 4 members (excludes halogenated alkanes) is 8. The molecule has 7 heteroatoms. The Bertz CT molecular complexity index is 1060. The molecule has 2 aromatic rings. The molecule has 0 radical (unpaired) electrons. The number of rotatable bonds is 17. The lowest BCUT2D eigenvalue weighted by Gasteiger charge is -2.35. The first-order valence-corrected chi connectivity index (χ1v) is 16.8. The highest BCUT2D eigenvalue weighted by Gasteiger charge is 2.26. The van der Waals surface area contributed by atoms with Crippen LogP contribution in [0.4, 0.5) is 0 Å². The van der Waals surface area contributed by atoms with Crippen molar-refractivity contribution in [3.63, 3.8) is 0 Å². The Morgan fingerprint density at radius 3 is 1.97 bits per heavy atom. The monoisotopic (exact) mass is 559 g/mol. The third-order valence-electron chi connectivity index (χ3n) is 7.84. The van der Waals surface area contributed by atoms with E-state index in [1.807, 2.05) is 12.1 Å². The van der Waals surface area contributed by atoms with Gasteiger partial charge in [-0.15, -0.1) is 0 Å². The summed E-state index contributed by atoms with van der Waals surface area (Å²) in [5.74, 6) is 0.300. The summed E-state index contributed by atoms with van der Waals surface area (Å²) >= 11 is 6.09. The van der Waals surface area contributed by atoms with Gasteiger partial charge in [0.05, 0.1) is 5.75 Å². The topological polar surface area (TPSA) is 52.7 Å². The number of halogens is 1. The van der Waals surface area contributed by atoms with Gasteiger partial charge in [0.15, 0.2) is 0 Å². The van der Waals surface area contributed by atoms with Gasteiger partial charge in [-0.25, -0.2) is 13.1 Å². The van der Waals surface area contributed by atoms with Crippen LogP contribution in [0.15, 0.2) is 48.5 Å². The highest BCUT2D eigenvalue weighted by molar-refractivity contribution is 7.89. The van der Waals surface area contributed by atoms with E-state index in [4.69, 9.17) is 11.6 Å². The first kappa shape index (κ1) is 29.5. The lowest BCUT2D eigenvalue weighted by Crippen LogP contribution is -2.46. The fourth-order valence-electron chi connectivity index (χ4n) is 5.36. The van der Waals surface area contributed by atoms with Crippen molar-refractivity contribution in [3.8, 4) is 11.1 Å². The van der Waals surface area contributed by atoms with Crippen molar-refractivity contribution >= 4 is 21.6 Å². The van der Waals surface area contributed by atoms with E-state index in [9.17, 15) is 8.42 Å². The molecule has 0 atom stereocenters. The van der Waals surface area contributed by atoms with Gasteiger partial charge in [0, 0.05) is 43.8 Å². The minimum Gasteiger partial charge on any atom is -0.301 e. The van der Waals surface area contributed by atoms with E-state index in [-0.39, 0.29) is 6.04 Å². The van der Waals surface area contributed by atoms with E-state index in [0.29, 0.717) is 5.75 Å². The molecule has 0 unspecified atom stereocenters. The number of hydrogen-bond donors (Lipinski definition) is 1. The molecular weight excluding hydrogens is 514 g/mol. The van der Waals surface area contributed by atoms with Crippen LogP contribution in [0.5, 0.6) is 0 Å². The maximum Gasteiger partial charge on any atom is 0.211 e. The molecule has 210 valence electrons. The molecule has 2 fully saturated rings. The van der Waals surface area contributed by atoms with Crippen LogP contribution in [0.2, 0.25) is 5.02 Å². The number of piperazine rings is 1. The summed E-state index contributed by atoms with van der Waals surface area (Å²) in [7, 11) is -3.03. The molecule has 38 heavy (non-hydrogen) atoms. The SMILES string of the molecule is O=S(=O)(CCCCCCCCCCCN1CCN(Cc2ccccc2-c2ccc(Cl)cc2)CC1)NC1CC1. The average Bonchev–Trinajstić information content (AvgIpc) is 3.72. The Balaban J connectivity index is 1.01. The molecule has 1 N–H and O–H groups in total. The van der Waals surface area contributed by atoms with Crippen molar-refractivity contribution in [1.82, 2.24) is 14.5 Å². The number of hydrogen-bond acceptors (Lipinski definition) is 4. The Morgan fingerprint density at radius 1 is 0.737 bits per heavy atom. The molecule has 1 aliphatic heterocycles. The van der Waals surface area contributed by atoms with Crippen molar-refractivity contribution in [2.75, 3.05) is 38.5 Å². The molecule has 0 spiro atoms. The highest BCUT2D eigenvalue weighted by atomic mass is 35.5. The third-order valence-corrected chi connectivity index (χ3v) is 9.61. The van der Waals surface area contributed by atoms with Crippen molar-refractivity contribution < 1.29 is 8.42 Å². The van der Waals surface area contributed by atoms with Gasteiger partial charge in [0.2, 0.25) is 10.0 Å². The van der Waals surface area contributed by atoms with Crippen molar-refractivity contribution in [2.45, 2.75) is 83.2 Å². The average molecular weight is 560 g/mol. The highest BCUT2D eigenvalue weighted by Crippen LogP contribution is 2.26. The Morgan fingerprint density at radius 2 is 1.32 bits per heavy atom. The zero-order valence-electron chi connectivity index (χ0n) is 22.9. The minimum atomic E-state index is -3.03. The Labute approximate surface area is 236 Å². The van der Waals surface area contributed by atoms with Gasteiger partial charge in [-0.3, -0.25) is 4.90 Å². The summed E-state index contributed by atoms with van der Waals surface area (Å²) in [6, 6.07) is 17.1. The minimum absolute atomic E-state index is 0.235. The summed E-state index contributed by atoms with van der Waals surface area (Å²) in [5, 5.41) is 0.779. The maximum atomic E-state index is 11.9. The second-order valence-electron chi connectivity index (χ2n) is 11.2. The molecule has 1 aliphatic carbocycles. The smallest absolute Gasteiger partial charge is 0.211 e. The van der Waals surface area contributed by atoms with Gasteiger partial charge in [-0.1, -0.05) is 92.9 Å². The molecule has 0 amide bonds. The second kappa shape index (κ2) is 15.4. The quantitative estimate of drug-likeness (QED) is 0.219. The summed E-state index contributed by atoms with van der Waals surface area (Å²) in [4.78, 5) is 5.22. The number of sulfonamides is 1. The van der Waals surface area contributed by atoms with Crippen molar-refractivity contribution in [3.05, 3.63) is 59.1 Å². The van der Waals surface area contributed by atoms with E-state index >= 15 is 0 Å². The molecular formula is C31H46ClN3O2S. The number of nitrogens with one attached hydrogen (secondary N) is 1. The van der Waals surface area contributed by atoms with Crippen LogP contribution in [-0.4, -0.2) is 62.7 Å². The summed E-state index contributed by atoms with van der Waals surface area (Å²) in [6.07, 6.45) is 12.8. The first-order valence-electron chi connectivity index (χ1n) is 14.8. The lowest BCUT2D eigenvalue weighted by atomic mass is 9.99. The standard InChI is InChI=1S/C31H46ClN3O2S/c32-29-16-14-27(15-17-29)31-13-9-8-12-28(31)26-35-23-21-34(22-24-35)20-10-6-4-2-1-3-5-7-11-25-38(36,37)33-30-18-19-30/h8-9,12-17,30,33H,1-7,10-11,18-26H2. The summed E-state index contributed by atoms with van der Waals surface area (Å²) in [5.41, 5.74) is 3.93. The van der Waals surface area contributed by atoms with Crippen molar-refractivity contribution in [1.29, 1.82) is 0 Å². The van der Waals surface area contributed by atoms with Gasteiger partial charge in [-0.2, -0.15) is 0 Å². The van der Waals surface area contributed by atoms with Crippen LogP contribution in [-0.2, 0) is 16.6 Å². The Hall–Kier alpha value is -1.44. The van der Waals surface area contributed by atoms with Gasteiger partial charge in [0.25, 0.3) is 0 Å². The van der Waals surface area contributed by atoms with Crippen LogP contribution in [0, 0.1) is 0 Å². The molecule has 0 bridgehead atoms. The normalized spacial score (nSPS) is 17.2. The Kier molecular flexibility index (Phi) is 12.0. The van der Waals surface area contributed by atoms with E-state index in [1.54, 1.807) is 0 Å². The predicted molar refractivity (Wildman–Crippen MR) is 160 cm³/mol. The van der Waals surface area contributed by atoms with E-state index in [0.717, 1.165) is 69.9 Å². The van der Waals surface area contributed by atoms with Crippen LogP contribution in [0.25, 0.3) is 11.1 Å². The largest absolute Gasteiger partial charge is 0.301 e. The predicted octanol–water partition coefficient (Wildman–Crippen LogP) is 6.72. The third kappa shape index (κ3) is 10.6. The van der Waals surface area contributed by atoms with Gasteiger partial charge in [0.1, 0.15) is 0 Å². The van der Waals surface area contributed by atoms with Crippen molar-refractivity contribution in [2.24, 2.45) is 0 Å². The molecule has 1 saturated heterocycles. The van der Waals surface area contributed by atoms with Gasteiger partial charge in [-0.05, 0) is 61.1 Å². The second-order valence-corrected chi connectivity index (χ2v) is 13.5.